The zero-order valence-electron chi connectivity index (χ0n) is 18.0. The van der Waals surface area contributed by atoms with Crippen LogP contribution in [0.1, 0.15) is 33.5 Å². The fourth-order valence-electron chi connectivity index (χ4n) is 3.93. The van der Waals surface area contributed by atoms with E-state index in [-0.39, 0.29) is 10.8 Å². The van der Waals surface area contributed by atoms with Crippen molar-refractivity contribution in [1.82, 2.24) is 0 Å². The molecule has 0 spiro atoms. The van der Waals surface area contributed by atoms with Crippen LogP contribution in [0, 0.1) is 13.8 Å². The SMILES string of the molecule is Cc1ccc(N(C)S(=O)(=O)c2cccc(C(=O)N3CCCc4cc(C)ccc43)c2)cc1. The molecule has 1 aliphatic heterocycles. The number of amides is 1. The van der Waals surface area contributed by atoms with E-state index in [0.717, 1.165) is 29.7 Å². The van der Waals surface area contributed by atoms with Gasteiger partial charge in [0.2, 0.25) is 0 Å². The van der Waals surface area contributed by atoms with Crippen LogP contribution in [0.25, 0.3) is 0 Å². The van der Waals surface area contributed by atoms with E-state index in [9.17, 15) is 13.2 Å². The van der Waals surface area contributed by atoms with Crippen LogP contribution in [0.3, 0.4) is 0 Å². The molecule has 1 heterocycles. The van der Waals surface area contributed by atoms with Crippen molar-refractivity contribution in [3.05, 3.63) is 89.0 Å². The Kier molecular flexibility index (Phi) is 5.58. The van der Waals surface area contributed by atoms with Crippen molar-refractivity contribution in [3.63, 3.8) is 0 Å². The Morgan fingerprint density at radius 1 is 0.935 bits per heavy atom. The molecule has 0 bridgehead atoms. The van der Waals surface area contributed by atoms with E-state index >= 15 is 0 Å². The van der Waals surface area contributed by atoms with E-state index in [1.807, 2.05) is 38.1 Å². The molecule has 3 aromatic carbocycles. The summed E-state index contributed by atoms with van der Waals surface area (Å²) in [5.41, 5.74) is 5.23. The minimum Gasteiger partial charge on any atom is -0.308 e. The molecule has 160 valence electrons. The second-order valence-electron chi connectivity index (χ2n) is 8.03. The molecular weight excluding hydrogens is 408 g/mol. The number of nitrogens with zero attached hydrogens (tertiary/aromatic N) is 2. The first kappa shape index (κ1) is 21.1. The molecule has 0 atom stereocenters. The van der Waals surface area contributed by atoms with Crippen LogP contribution in [0.15, 0.2) is 71.6 Å². The van der Waals surface area contributed by atoms with Gasteiger partial charge in [-0.05, 0) is 68.7 Å². The Morgan fingerprint density at radius 3 is 2.39 bits per heavy atom. The number of fused-ring (bicyclic) bond motifs is 1. The third-order valence-electron chi connectivity index (χ3n) is 5.74. The van der Waals surface area contributed by atoms with Crippen molar-refractivity contribution in [2.45, 2.75) is 31.6 Å². The monoisotopic (exact) mass is 434 g/mol. The lowest BCUT2D eigenvalue weighted by atomic mass is 9.99. The Balaban J connectivity index is 1.66. The molecule has 1 amide bonds. The van der Waals surface area contributed by atoms with Gasteiger partial charge < -0.3 is 4.90 Å². The van der Waals surface area contributed by atoms with E-state index in [1.54, 1.807) is 29.2 Å². The number of benzene rings is 3. The molecule has 4 rings (SSSR count). The van der Waals surface area contributed by atoms with E-state index in [4.69, 9.17) is 0 Å². The molecule has 0 radical (unpaired) electrons. The van der Waals surface area contributed by atoms with E-state index in [1.165, 1.54) is 29.0 Å². The maximum absolute atomic E-state index is 13.3. The molecule has 0 fully saturated rings. The normalized spacial score (nSPS) is 13.6. The summed E-state index contributed by atoms with van der Waals surface area (Å²) in [6.45, 7) is 4.61. The van der Waals surface area contributed by atoms with Gasteiger partial charge in [-0.15, -0.1) is 0 Å². The summed E-state index contributed by atoms with van der Waals surface area (Å²) >= 11 is 0. The van der Waals surface area contributed by atoms with E-state index in [2.05, 4.69) is 6.07 Å². The van der Waals surface area contributed by atoms with Crippen molar-refractivity contribution in [3.8, 4) is 0 Å². The number of anilines is 2. The molecule has 0 N–H and O–H groups in total. The summed E-state index contributed by atoms with van der Waals surface area (Å²) in [6.07, 6.45) is 1.83. The highest BCUT2D eigenvalue weighted by Crippen LogP contribution is 2.30. The molecule has 1 aliphatic rings. The Hall–Kier alpha value is -3.12. The largest absolute Gasteiger partial charge is 0.308 e. The van der Waals surface area contributed by atoms with Gasteiger partial charge in [0, 0.05) is 24.8 Å². The average Bonchev–Trinajstić information content (AvgIpc) is 2.78. The fraction of sp³-hybridized carbons (Fsp3) is 0.240. The van der Waals surface area contributed by atoms with Gasteiger partial charge in [-0.1, -0.05) is 41.5 Å². The molecule has 0 saturated heterocycles. The number of carbonyl (C=O) groups is 1. The predicted molar refractivity (Wildman–Crippen MR) is 124 cm³/mol. The van der Waals surface area contributed by atoms with Gasteiger partial charge in [0.25, 0.3) is 15.9 Å². The zero-order valence-corrected chi connectivity index (χ0v) is 18.8. The summed E-state index contributed by atoms with van der Waals surface area (Å²) in [5.74, 6) is -0.181. The van der Waals surface area contributed by atoms with Crippen LogP contribution in [0.5, 0.6) is 0 Å². The van der Waals surface area contributed by atoms with E-state index < -0.39 is 10.0 Å². The highest BCUT2D eigenvalue weighted by molar-refractivity contribution is 7.92. The van der Waals surface area contributed by atoms with Gasteiger partial charge in [0.15, 0.2) is 0 Å². The fourth-order valence-corrected chi connectivity index (χ4v) is 5.18. The minimum atomic E-state index is -3.80. The molecule has 3 aromatic rings. The Morgan fingerprint density at radius 2 is 1.65 bits per heavy atom. The summed E-state index contributed by atoms with van der Waals surface area (Å²) < 4.78 is 27.7. The molecule has 31 heavy (non-hydrogen) atoms. The molecule has 0 saturated carbocycles. The van der Waals surface area contributed by atoms with Crippen LogP contribution in [0.4, 0.5) is 11.4 Å². The maximum Gasteiger partial charge on any atom is 0.264 e. The molecule has 5 nitrogen and oxygen atoms in total. The molecule has 0 unspecified atom stereocenters. The van der Waals surface area contributed by atoms with Crippen LogP contribution < -0.4 is 9.21 Å². The quantitative estimate of drug-likeness (QED) is 0.597. The highest BCUT2D eigenvalue weighted by Gasteiger charge is 2.26. The van der Waals surface area contributed by atoms with Crippen molar-refractivity contribution < 1.29 is 13.2 Å². The van der Waals surface area contributed by atoms with Gasteiger partial charge in [0.05, 0.1) is 10.6 Å². The molecule has 0 aromatic heterocycles. The first-order chi connectivity index (χ1) is 14.8. The number of carbonyl (C=O) groups excluding carboxylic acids is 1. The standard InChI is InChI=1S/C25H26N2O3S/c1-18-9-12-22(13-10-18)26(3)31(29,30)23-8-4-6-21(17-23)25(28)27-15-5-7-20-16-19(2)11-14-24(20)27/h4,6,8-14,16-17H,5,7,15H2,1-3H3. The van der Waals surface area contributed by atoms with Crippen molar-refractivity contribution in [2.75, 3.05) is 22.8 Å². The van der Waals surface area contributed by atoms with Gasteiger partial charge in [-0.2, -0.15) is 0 Å². The highest BCUT2D eigenvalue weighted by atomic mass is 32.2. The summed E-state index contributed by atoms with van der Waals surface area (Å²) in [6, 6.07) is 19.7. The number of rotatable bonds is 4. The first-order valence-corrected chi connectivity index (χ1v) is 11.8. The van der Waals surface area contributed by atoms with Gasteiger partial charge in [-0.25, -0.2) is 8.42 Å². The summed E-state index contributed by atoms with van der Waals surface area (Å²) in [5, 5.41) is 0. The van der Waals surface area contributed by atoms with Crippen molar-refractivity contribution >= 4 is 27.3 Å². The second kappa shape index (κ2) is 8.19. The van der Waals surface area contributed by atoms with Gasteiger partial charge >= 0.3 is 0 Å². The molecule has 6 heteroatoms. The topological polar surface area (TPSA) is 57.7 Å². The summed E-state index contributed by atoms with van der Waals surface area (Å²) in [4.78, 5) is 15.2. The van der Waals surface area contributed by atoms with Crippen molar-refractivity contribution in [1.29, 1.82) is 0 Å². The lowest BCUT2D eigenvalue weighted by Crippen LogP contribution is -2.35. The number of aryl methyl sites for hydroxylation is 3. The van der Waals surface area contributed by atoms with Crippen LogP contribution >= 0.6 is 0 Å². The molecular formula is C25H26N2O3S. The Bertz CT molecular complexity index is 1230. The third-order valence-corrected chi connectivity index (χ3v) is 7.52. The van der Waals surface area contributed by atoms with E-state index in [0.29, 0.717) is 17.8 Å². The second-order valence-corrected chi connectivity index (χ2v) is 10.00. The lowest BCUT2D eigenvalue weighted by Gasteiger charge is -2.30. The Labute approximate surface area is 184 Å². The zero-order chi connectivity index (χ0) is 22.2. The average molecular weight is 435 g/mol. The predicted octanol–water partition coefficient (Wildman–Crippen LogP) is 4.72. The van der Waals surface area contributed by atoms with Crippen LogP contribution in [0.2, 0.25) is 0 Å². The van der Waals surface area contributed by atoms with Crippen LogP contribution in [-0.2, 0) is 16.4 Å². The number of hydrogen-bond donors (Lipinski definition) is 0. The third kappa shape index (κ3) is 4.08. The van der Waals surface area contributed by atoms with Gasteiger partial charge in [-0.3, -0.25) is 9.10 Å². The lowest BCUT2D eigenvalue weighted by molar-refractivity contribution is 0.0985. The smallest absolute Gasteiger partial charge is 0.264 e. The first-order valence-electron chi connectivity index (χ1n) is 10.3. The molecule has 0 aliphatic carbocycles. The van der Waals surface area contributed by atoms with Crippen molar-refractivity contribution in [2.24, 2.45) is 0 Å². The summed E-state index contributed by atoms with van der Waals surface area (Å²) in [7, 11) is -2.27. The number of hydrogen-bond acceptors (Lipinski definition) is 3. The van der Waals surface area contributed by atoms with Gasteiger partial charge in [0.1, 0.15) is 0 Å². The minimum absolute atomic E-state index is 0.0996. The number of sulfonamides is 1. The maximum atomic E-state index is 13.3. The van der Waals surface area contributed by atoms with Crippen LogP contribution in [-0.4, -0.2) is 27.9 Å².